The molecule has 0 atom stereocenters. The summed E-state index contributed by atoms with van der Waals surface area (Å²) < 4.78 is 9.50. The topological polar surface area (TPSA) is 44.0 Å². The molecular weight excluding hydrogens is 73.0 g/mol. The van der Waals surface area contributed by atoms with Crippen LogP contribution in [0.2, 0.25) is 0 Å². The van der Waals surface area contributed by atoms with E-state index in [-0.39, 0.29) is 0 Å². The molecule has 0 heterocycles. The molecule has 2 nitrogen and oxygen atoms in total. The van der Waals surface area contributed by atoms with Crippen molar-refractivity contribution >= 4 is 0 Å². The summed E-state index contributed by atoms with van der Waals surface area (Å²) in [6.45, 7) is 0. The lowest BCUT2D eigenvalue weighted by Gasteiger charge is -1.25. The van der Waals surface area contributed by atoms with Crippen molar-refractivity contribution < 1.29 is 9.50 Å². The van der Waals surface area contributed by atoms with Crippen LogP contribution in [0, 0.1) is 11.5 Å². The van der Waals surface area contributed by atoms with Gasteiger partial charge in [0.1, 0.15) is 0 Å². The fraction of sp³-hybridized carbons (Fsp3) is 0.500. The van der Waals surface area contributed by atoms with Crippen molar-refractivity contribution in [3.63, 3.8) is 0 Å². The van der Waals surface area contributed by atoms with Crippen LogP contribution in [0.25, 0.3) is 0 Å². The Morgan fingerprint density at radius 3 is 1.80 bits per heavy atom. The van der Waals surface area contributed by atoms with Crippen molar-refractivity contribution in [3.8, 4) is 6.26 Å². The highest BCUT2D eigenvalue weighted by molar-refractivity contribution is 4.30. The molecule has 0 aromatic rings. The standard InChI is InChI=1S/CH3F.CHNO/c1-2;2-1-3/h1H3;3H. The minimum atomic E-state index is 0.500. The van der Waals surface area contributed by atoms with E-state index in [1.165, 1.54) is 0 Å². The first-order valence-corrected chi connectivity index (χ1v) is 0.825. The van der Waals surface area contributed by atoms with Crippen LogP contribution in [-0.2, 0) is 0 Å². The average molecular weight is 77.1 g/mol. The van der Waals surface area contributed by atoms with Gasteiger partial charge in [0, 0.05) is 0 Å². The van der Waals surface area contributed by atoms with Gasteiger partial charge >= 0.3 is 0 Å². The molecule has 0 saturated carbocycles. The van der Waals surface area contributed by atoms with Crippen LogP contribution in [0.3, 0.4) is 0 Å². The Labute approximate surface area is 29.5 Å². The van der Waals surface area contributed by atoms with Gasteiger partial charge in [0.25, 0.3) is 6.26 Å². The molecule has 0 amide bonds. The Morgan fingerprint density at radius 1 is 1.80 bits per heavy atom. The first-order valence-electron chi connectivity index (χ1n) is 0.825. The van der Waals surface area contributed by atoms with Crippen LogP contribution >= 0.6 is 0 Å². The first-order chi connectivity index (χ1) is 2.41. The molecule has 30 valence electrons. The minimum absolute atomic E-state index is 0.500. The van der Waals surface area contributed by atoms with E-state index in [1.807, 2.05) is 0 Å². The summed E-state index contributed by atoms with van der Waals surface area (Å²) in [6, 6.07) is 0. The van der Waals surface area contributed by atoms with Gasteiger partial charge in [-0.05, 0) is 0 Å². The quantitative estimate of drug-likeness (QED) is 0.426. The van der Waals surface area contributed by atoms with Gasteiger partial charge < -0.3 is 5.11 Å². The molecule has 3 heteroatoms. The van der Waals surface area contributed by atoms with Gasteiger partial charge in [-0.15, -0.1) is 0 Å². The van der Waals surface area contributed by atoms with Crippen molar-refractivity contribution in [2.45, 2.75) is 0 Å². The van der Waals surface area contributed by atoms with Crippen molar-refractivity contribution in [1.29, 1.82) is 5.26 Å². The highest BCUT2D eigenvalue weighted by Gasteiger charge is 1.16. The van der Waals surface area contributed by atoms with E-state index in [1.54, 1.807) is 0 Å². The zero-order chi connectivity index (χ0) is 4.71. The van der Waals surface area contributed by atoms with E-state index in [9.17, 15) is 4.39 Å². The summed E-state index contributed by atoms with van der Waals surface area (Å²) >= 11 is 0. The fourth-order valence-electron chi connectivity index (χ4n) is 0. The Balaban J connectivity index is 0. The molecule has 0 radical (unpaired) electrons. The second-order valence-electron chi connectivity index (χ2n) is 0.100. The highest BCUT2D eigenvalue weighted by atomic mass is 19.1. The number of hydrogen-bond acceptors (Lipinski definition) is 2. The second-order valence-corrected chi connectivity index (χ2v) is 0.100. The molecule has 0 aliphatic carbocycles. The van der Waals surface area contributed by atoms with Crippen LogP contribution < -0.4 is 0 Å². The van der Waals surface area contributed by atoms with Crippen LogP contribution in [-0.4, -0.2) is 12.3 Å². The highest BCUT2D eigenvalue weighted by Crippen LogP contribution is 1.16. The van der Waals surface area contributed by atoms with Gasteiger partial charge in [-0.25, -0.2) is 0 Å². The zero-order valence-electron chi connectivity index (χ0n) is 2.77. The van der Waals surface area contributed by atoms with Gasteiger partial charge in [-0.3, -0.25) is 4.39 Å². The molecule has 0 unspecified atom stereocenters. The lowest BCUT2D eigenvalue weighted by molar-refractivity contribution is 0.503. The lowest BCUT2D eigenvalue weighted by atomic mass is 11.6. The minimum Gasteiger partial charge on any atom is -0.443 e. The number of halogens is 1. The number of alkyl halides is 1. The number of aliphatic hydroxyl groups excluding tert-OH is 1. The summed E-state index contributed by atoms with van der Waals surface area (Å²) in [6.07, 6.45) is 0.750. The zero-order valence-corrected chi connectivity index (χ0v) is 2.77. The number of rotatable bonds is 0. The van der Waals surface area contributed by atoms with Crippen LogP contribution in [0.5, 0.6) is 0 Å². The normalized spacial score (nSPS) is 2.60. The third kappa shape index (κ3) is 7.88. The number of aliphatic hydroxyl groups is 1. The van der Waals surface area contributed by atoms with E-state index in [4.69, 9.17) is 10.4 Å². The number of nitriles is 1. The fourth-order valence-corrected chi connectivity index (χ4v) is 0. The van der Waals surface area contributed by atoms with Gasteiger partial charge in [-0.2, -0.15) is 5.26 Å². The summed E-state index contributed by atoms with van der Waals surface area (Å²) in [7, 11) is 0.500. The van der Waals surface area contributed by atoms with Crippen molar-refractivity contribution in [3.05, 3.63) is 0 Å². The predicted molar refractivity (Wildman–Crippen MR) is 14.6 cm³/mol. The van der Waals surface area contributed by atoms with Gasteiger partial charge in [0.2, 0.25) is 0 Å². The molecule has 0 saturated heterocycles. The van der Waals surface area contributed by atoms with Gasteiger partial charge in [0.15, 0.2) is 0 Å². The summed E-state index contributed by atoms with van der Waals surface area (Å²) in [5, 5.41) is 13.8. The molecule has 0 aliphatic heterocycles. The number of hydrogen-bond donors (Lipinski definition) is 1. The van der Waals surface area contributed by atoms with Gasteiger partial charge in [-0.1, -0.05) is 0 Å². The molecule has 0 aliphatic rings. The second kappa shape index (κ2) is 328. The third-order valence-corrected chi connectivity index (χ3v) is 0. The van der Waals surface area contributed by atoms with Crippen LogP contribution in [0.4, 0.5) is 4.39 Å². The summed E-state index contributed by atoms with van der Waals surface area (Å²) in [5.41, 5.74) is 0. The molecule has 0 aromatic carbocycles. The van der Waals surface area contributed by atoms with E-state index in [2.05, 4.69) is 0 Å². The maximum absolute atomic E-state index is 9.50. The van der Waals surface area contributed by atoms with Crippen LogP contribution in [0.1, 0.15) is 0 Å². The van der Waals surface area contributed by atoms with E-state index >= 15 is 0 Å². The average Bonchev–Trinajstić information content (AvgIpc) is 1.46. The maximum atomic E-state index is 9.50. The van der Waals surface area contributed by atoms with Crippen molar-refractivity contribution in [2.24, 2.45) is 0 Å². The number of nitrogens with zero attached hydrogens (tertiary/aromatic N) is 1. The lowest BCUT2D eigenvalue weighted by Crippen LogP contribution is -1.27. The molecule has 1 N–H and O–H groups in total. The van der Waals surface area contributed by atoms with Crippen molar-refractivity contribution in [2.75, 3.05) is 7.18 Å². The smallest absolute Gasteiger partial charge is 0.283 e. The summed E-state index contributed by atoms with van der Waals surface area (Å²) in [4.78, 5) is 0. The molecule has 0 fully saturated rings. The van der Waals surface area contributed by atoms with Crippen molar-refractivity contribution in [1.82, 2.24) is 0 Å². The molecule has 0 rings (SSSR count). The van der Waals surface area contributed by atoms with E-state index < -0.39 is 0 Å². The predicted octanol–water partition coefficient (Wildman–Crippen LogP) is 0.426. The molecule has 0 aromatic heterocycles. The Kier molecular flexibility index (Phi) is 582. The Morgan fingerprint density at radius 2 is 1.80 bits per heavy atom. The molecule has 0 bridgehead atoms. The molecular formula is C2H4FNO. The Bertz CT molecular complexity index is 31.1. The van der Waals surface area contributed by atoms with Crippen LogP contribution in [0.15, 0.2) is 0 Å². The molecule has 0 spiro atoms. The van der Waals surface area contributed by atoms with E-state index in [0.717, 1.165) is 6.26 Å². The third-order valence-electron chi connectivity index (χ3n) is 0. The monoisotopic (exact) mass is 77.0 g/mol. The molecule has 5 heavy (non-hydrogen) atoms. The maximum Gasteiger partial charge on any atom is 0.283 e. The summed E-state index contributed by atoms with van der Waals surface area (Å²) in [5.74, 6) is 0. The SMILES string of the molecule is CF.N#CO. The largest absolute Gasteiger partial charge is 0.443 e. The Hall–Kier alpha value is -0.780. The van der Waals surface area contributed by atoms with E-state index in [0.29, 0.717) is 7.18 Å². The van der Waals surface area contributed by atoms with Gasteiger partial charge in [0.05, 0.1) is 7.18 Å². The first kappa shape index (κ1) is 8.88.